The highest BCUT2D eigenvalue weighted by Gasteiger charge is 2.35. The zero-order valence-corrected chi connectivity index (χ0v) is 16.5. The normalized spacial score (nSPS) is 14.7. The van der Waals surface area contributed by atoms with Crippen LogP contribution in [0.15, 0.2) is 30.3 Å². The highest BCUT2D eigenvalue weighted by Crippen LogP contribution is 2.43. The molecule has 1 aliphatic rings. The van der Waals surface area contributed by atoms with Crippen LogP contribution in [0.5, 0.6) is 5.75 Å². The first-order valence-corrected chi connectivity index (χ1v) is 9.43. The zero-order chi connectivity index (χ0) is 21.1. The summed E-state index contributed by atoms with van der Waals surface area (Å²) >= 11 is 6.12. The van der Waals surface area contributed by atoms with Crippen LogP contribution >= 0.6 is 11.6 Å². The second-order valence-corrected chi connectivity index (χ2v) is 7.19. The van der Waals surface area contributed by atoms with Crippen LogP contribution in [-0.2, 0) is 6.61 Å². The summed E-state index contributed by atoms with van der Waals surface area (Å²) in [5.74, 6) is 0.563. The number of nitro groups is 2. The lowest BCUT2D eigenvalue weighted by Gasteiger charge is -2.33. The molecule has 0 atom stereocenters. The molecule has 0 radical (unpaired) electrons. The fourth-order valence-corrected chi connectivity index (χ4v) is 3.73. The number of benzene rings is 2. The third kappa shape index (κ3) is 4.25. The Balaban J connectivity index is 1.88. The summed E-state index contributed by atoms with van der Waals surface area (Å²) < 4.78 is 5.93. The summed E-state index contributed by atoms with van der Waals surface area (Å²) in [5.41, 5.74) is -0.340. The summed E-state index contributed by atoms with van der Waals surface area (Å²) in [6.45, 7) is 1.69. The maximum atomic E-state index is 11.7. The predicted molar refractivity (Wildman–Crippen MR) is 108 cm³/mol. The number of hydrogen-bond acceptors (Lipinski definition) is 7. The number of nitrogens with zero attached hydrogens (tertiary/aromatic N) is 3. The number of rotatable bonds is 6. The molecule has 2 aromatic rings. The predicted octanol–water partition coefficient (Wildman–Crippen LogP) is 4.00. The lowest BCUT2D eigenvalue weighted by Crippen LogP contribution is -2.39. The van der Waals surface area contributed by atoms with Gasteiger partial charge in [0.05, 0.1) is 21.5 Å². The molecule has 29 heavy (non-hydrogen) atoms. The minimum absolute atomic E-state index is 0.0223. The van der Waals surface area contributed by atoms with E-state index in [9.17, 15) is 25.3 Å². The van der Waals surface area contributed by atoms with E-state index < -0.39 is 16.5 Å². The number of aliphatic hydroxyl groups is 1. The largest absolute Gasteiger partial charge is 0.489 e. The van der Waals surface area contributed by atoms with E-state index in [4.69, 9.17) is 16.3 Å². The fourth-order valence-electron chi connectivity index (χ4n) is 3.55. The molecule has 2 aromatic carbocycles. The van der Waals surface area contributed by atoms with E-state index in [1.807, 2.05) is 6.07 Å². The first-order chi connectivity index (χ1) is 13.8. The van der Waals surface area contributed by atoms with Gasteiger partial charge in [-0.25, -0.2) is 0 Å². The number of para-hydroxylation sites is 1. The van der Waals surface area contributed by atoms with Gasteiger partial charge in [0, 0.05) is 37.6 Å². The van der Waals surface area contributed by atoms with Gasteiger partial charge in [0.2, 0.25) is 0 Å². The van der Waals surface area contributed by atoms with Crippen molar-refractivity contribution >= 4 is 28.7 Å². The van der Waals surface area contributed by atoms with Crippen molar-refractivity contribution < 1.29 is 19.7 Å². The Labute approximate surface area is 171 Å². The maximum absolute atomic E-state index is 11.7. The molecule has 0 spiro atoms. The molecule has 0 aliphatic carbocycles. The van der Waals surface area contributed by atoms with Crippen molar-refractivity contribution in [1.82, 2.24) is 0 Å². The van der Waals surface area contributed by atoms with Crippen LogP contribution in [0.1, 0.15) is 24.0 Å². The van der Waals surface area contributed by atoms with Crippen molar-refractivity contribution in [3.63, 3.8) is 0 Å². The molecular formula is C19H20ClN3O6. The van der Waals surface area contributed by atoms with Gasteiger partial charge >= 0.3 is 5.69 Å². The Morgan fingerprint density at radius 3 is 2.41 bits per heavy atom. The van der Waals surface area contributed by atoms with E-state index in [1.54, 1.807) is 23.1 Å². The Hall–Kier alpha value is -2.91. The van der Waals surface area contributed by atoms with E-state index in [0.717, 1.165) is 0 Å². The average molecular weight is 422 g/mol. The van der Waals surface area contributed by atoms with Crippen LogP contribution in [0.4, 0.5) is 17.1 Å². The Kier molecular flexibility index (Phi) is 6.19. The quantitative estimate of drug-likeness (QED) is 0.552. The lowest BCUT2D eigenvalue weighted by atomic mass is 10.0. The van der Waals surface area contributed by atoms with Crippen molar-refractivity contribution in [3.8, 4) is 5.75 Å². The van der Waals surface area contributed by atoms with Crippen molar-refractivity contribution in [2.75, 3.05) is 18.0 Å². The molecule has 0 saturated carbocycles. The molecule has 10 heteroatoms. The number of halogens is 1. The van der Waals surface area contributed by atoms with Crippen LogP contribution in [0.3, 0.4) is 0 Å². The van der Waals surface area contributed by atoms with E-state index in [0.29, 0.717) is 36.7 Å². The second-order valence-electron chi connectivity index (χ2n) is 6.78. The van der Waals surface area contributed by atoms with Gasteiger partial charge < -0.3 is 14.7 Å². The first-order valence-electron chi connectivity index (χ1n) is 9.05. The maximum Gasteiger partial charge on any atom is 0.302 e. The third-order valence-corrected chi connectivity index (χ3v) is 5.37. The number of anilines is 1. The van der Waals surface area contributed by atoms with Crippen molar-refractivity contribution in [3.05, 3.63) is 66.7 Å². The number of ether oxygens (including phenoxy) is 1. The molecule has 0 unspecified atom stereocenters. The third-order valence-electron chi connectivity index (χ3n) is 5.05. The molecule has 1 N–H and O–H groups in total. The molecule has 9 nitrogen and oxygen atoms in total. The lowest BCUT2D eigenvalue weighted by molar-refractivity contribution is -0.393. The number of aliphatic hydroxyl groups excluding tert-OH is 1. The van der Waals surface area contributed by atoms with Crippen molar-refractivity contribution in [2.45, 2.75) is 32.5 Å². The fraction of sp³-hybridized carbons (Fsp3) is 0.368. The van der Waals surface area contributed by atoms with E-state index in [1.165, 1.54) is 13.0 Å². The van der Waals surface area contributed by atoms with E-state index in [2.05, 4.69) is 0 Å². The molecule has 0 bridgehead atoms. The molecule has 1 heterocycles. The Bertz CT molecular complexity index is 944. The summed E-state index contributed by atoms with van der Waals surface area (Å²) in [7, 11) is 0. The second kappa shape index (κ2) is 8.62. The molecule has 1 saturated heterocycles. The Morgan fingerprint density at radius 2 is 1.86 bits per heavy atom. The molecule has 1 fully saturated rings. The molecule has 3 rings (SSSR count). The van der Waals surface area contributed by atoms with Crippen LogP contribution in [0, 0.1) is 27.2 Å². The van der Waals surface area contributed by atoms with E-state index >= 15 is 0 Å². The first kappa shape index (κ1) is 20.8. The zero-order valence-electron chi connectivity index (χ0n) is 15.7. The smallest absolute Gasteiger partial charge is 0.302 e. The van der Waals surface area contributed by atoms with Crippen LogP contribution in [0.25, 0.3) is 0 Å². The minimum Gasteiger partial charge on any atom is -0.489 e. The highest BCUT2D eigenvalue weighted by molar-refractivity contribution is 6.32. The monoisotopic (exact) mass is 421 g/mol. The summed E-state index contributed by atoms with van der Waals surface area (Å²) in [5, 5.41) is 33.2. The van der Waals surface area contributed by atoms with Crippen LogP contribution < -0.4 is 9.64 Å². The van der Waals surface area contributed by atoms with Gasteiger partial charge in [-0.15, -0.1) is 0 Å². The van der Waals surface area contributed by atoms with Gasteiger partial charge in [-0.3, -0.25) is 20.2 Å². The highest BCUT2D eigenvalue weighted by atomic mass is 35.5. The number of nitro benzene ring substituents is 2. The standard InChI is InChI=1S/C19H20ClN3O6/c1-12-13(11-24)10-16(22(25)26)19(18(12)23(27)28)21-8-6-14(7-9-21)29-17-5-3-2-4-15(17)20/h2-5,10,14,24H,6-9,11H2,1H3. The van der Waals surface area contributed by atoms with Gasteiger partial charge in [0.15, 0.2) is 5.69 Å². The van der Waals surface area contributed by atoms with Gasteiger partial charge in [-0.2, -0.15) is 0 Å². The van der Waals surface area contributed by atoms with Crippen LogP contribution in [-0.4, -0.2) is 34.1 Å². The van der Waals surface area contributed by atoms with Gasteiger partial charge in [0.25, 0.3) is 5.69 Å². The Morgan fingerprint density at radius 1 is 1.21 bits per heavy atom. The molecule has 1 aliphatic heterocycles. The molecule has 154 valence electrons. The minimum atomic E-state index is -0.646. The topological polar surface area (TPSA) is 119 Å². The number of hydrogen-bond donors (Lipinski definition) is 1. The average Bonchev–Trinajstić information content (AvgIpc) is 2.69. The summed E-state index contributed by atoms with van der Waals surface area (Å²) in [4.78, 5) is 23.7. The van der Waals surface area contributed by atoms with Gasteiger partial charge in [0.1, 0.15) is 11.9 Å². The van der Waals surface area contributed by atoms with Gasteiger partial charge in [-0.1, -0.05) is 23.7 Å². The van der Waals surface area contributed by atoms with Crippen LogP contribution in [0.2, 0.25) is 5.02 Å². The van der Waals surface area contributed by atoms with Crippen molar-refractivity contribution in [1.29, 1.82) is 0 Å². The summed E-state index contributed by atoms with van der Waals surface area (Å²) in [6.07, 6.45) is 0.905. The van der Waals surface area contributed by atoms with Crippen molar-refractivity contribution in [2.24, 2.45) is 0 Å². The SMILES string of the molecule is Cc1c(CO)cc([N+](=O)[O-])c(N2CCC(Oc3ccccc3Cl)CC2)c1[N+](=O)[O-]. The van der Waals surface area contributed by atoms with E-state index in [-0.39, 0.29) is 34.3 Å². The summed E-state index contributed by atoms with van der Waals surface area (Å²) in [6, 6.07) is 8.32. The molecule has 0 aromatic heterocycles. The molecule has 0 amide bonds. The molecular weight excluding hydrogens is 402 g/mol. The number of piperidine rings is 1. The van der Waals surface area contributed by atoms with Gasteiger partial charge in [-0.05, 0) is 24.6 Å².